The lowest BCUT2D eigenvalue weighted by atomic mass is 9.97. The van der Waals surface area contributed by atoms with Crippen LogP contribution in [0.1, 0.15) is 44.2 Å². The highest BCUT2D eigenvalue weighted by molar-refractivity contribution is 7.89. The number of piperazine rings is 1. The normalized spacial score (nSPS) is 20.5. The van der Waals surface area contributed by atoms with Gasteiger partial charge in [0.2, 0.25) is 10.0 Å². The Hall–Kier alpha value is -1.49. The molecular weight excluding hydrogens is 536 g/mol. The molecule has 0 unspecified atom stereocenters. The van der Waals surface area contributed by atoms with Gasteiger partial charge >= 0.3 is 0 Å². The van der Waals surface area contributed by atoms with Gasteiger partial charge in [0.15, 0.2) is 0 Å². The third-order valence-electron chi connectivity index (χ3n) is 7.49. The summed E-state index contributed by atoms with van der Waals surface area (Å²) in [4.78, 5) is 11.8. The molecule has 2 aromatic rings. The van der Waals surface area contributed by atoms with Gasteiger partial charge < -0.3 is 4.90 Å². The van der Waals surface area contributed by atoms with Crippen molar-refractivity contribution in [1.82, 2.24) is 19.5 Å². The highest BCUT2D eigenvalue weighted by Gasteiger charge is 2.34. The molecule has 0 spiro atoms. The number of halogens is 3. The van der Waals surface area contributed by atoms with E-state index in [4.69, 9.17) is 23.2 Å². The number of nitrogens with zero attached hydrogens (tertiary/aromatic N) is 4. The monoisotopic (exact) mass is 571 g/mol. The molecule has 1 aromatic heterocycles. The van der Waals surface area contributed by atoms with Gasteiger partial charge in [-0.25, -0.2) is 22.5 Å². The maximum absolute atomic E-state index is 14.2. The van der Waals surface area contributed by atoms with Crippen LogP contribution in [0, 0.1) is 5.82 Å². The molecule has 37 heavy (non-hydrogen) atoms. The fourth-order valence-electron chi connectivity index (χ4n) is 5.30. The van der Waals surface area contributed by atoms with Crippen molar-refractivity contribution >= 4 is 39.0 Å². The van der Waals surface area contributed by atoms with Gasteiger partial charge in [0.1, 0.15) is 11.6 Å². The minimum atomic E-state index is -3.27. The van der Waals surface area contributed by atoms with E-state index < -0.39 is 10.0 Å². The van der Waals surface area contributed by atoms with Crippen LogP contribution in [0.3, 0.4) is 0 Å². The number of rotatable bonds is 9. The van der Waals surface area contributed by atoms with Crippen molar-refractivity contribution in [3.05, 3.63) is 57.5 Å². The number of benzene rings is 1. The van der Waals surface area contributed by atoms with Crippen molar-refractivity contribution in [1.29, 1.82) is 0 Å². The van der Waals surface area contributed by atoms with Gasteiger partial charge in [0.05, 0.1) is 10.8 Å². The quantitative estimate of drug-likeness (QED) is 0.477. The average Bonchev–Trinajstić information content (AvgIpc) is 2.89. The Morgan fingerprint density at radius 1 is 1.11 bits per heavy atom. The van der Waals surface area contributed by atoms with Gasteiger partial charge in [-0.15, -0.1) is 0 Å². The van der Waals surface area contributed by atoms with Crippen LogP contribution in [0.5, 0.6) is 0 Å². The van der Waals surface area contributed by atoms with E-state index in [2.05, 4.69) is 31.3 Å². The summed E-state index contributed by atoms with van der Waals surface area (Å²) in [5.74, 6) is 0.551. The van der Waals surface area contributed by atoms with E-state index in [0.29, 0.717) is 34.2 Å². The molecule has 4 rings (SSSR count). The first-order valence-electron chi connectivity index (χ1n) is 13.0. The zero-order chi connectivity index (χ0) is 26.6. The van der Waals surface area contributed by atoms with Crippen molar-refractivity contribution in [2.24, 2.45) is 0 Å². The summed E-state index contributed by atoms with van der Waals surface area (Å²) in [5.41, 5.74) is 1.43. The van der Waals surface area contributed by atoms with Crippen molar-refractivity contribution in [3.63, 3.8) is 0 Å². The Bertz CT molecular complexity index is 1180. The highest BCUT2D eigenvalue weighted by atomic mass is 35.5. The number of pyridine rings is 1. The second-order valence-corrected chi connectivity index (χ2v) is 12.8. The molecule has 2 aliphatic rings. The van der Waals surface area contributed by atoms with E-state index >= 15 is 0 Å². The molecule has 0 bridgehead atoms. The summed E-state index contributed by atoms with van der Waals surface area (Å²) in [6, 6.07) is 7.63. The van der Waals surface area contributed by atoms with E-state index in [1.807, 2.05) is 0 Å². The number of piperidine rings is 1. The Balaban J connectivity index is 1.32. The molecule has 0 saturated carbocycles. The van der Waals surface area contributed by atoms with E-state index in [1.165, 1.54) is 6.07 Å². The van der Waals surface area contributed by atoms with Crippen LogP contribution in [-0.2, 0) is 23.1 Å². The Morgan fingerprint density at radius 2 is 1.86 bits per heavy atom. The lowest BCUT2D eigenvalue weighted by Gasteiger charge is -2.47. The standard InChI is InChI=1S/C26H36Cl2FN5O2S/c1-3-22-18-33(26-24(28)13-19(15-30-26)16-31-37(35,36)4-2)11-12-34(22)23-7-9-32(10-8-23)17-20-5-6-21(27)14-25(20)29/h5-6,13-15,22-23,31H,3-4,7-12,16-18H2,1-2H3/t22-/m0/s1. The van der Waals surface area contributed by atoms with E-state index in [9.17, 15) is 12.8 Å². The summed E-state index contributed by atoms with van der Waals surface area (Å²) in [5, 5.41) is 0.968. The zero-order valence-corrected chi connectivity index (χ0v) is 23.8. The highest BCUT2D eigenvalue weighted by Crippen LogP contribution is 2.30. The molecule has 11 heteroatoms. The van der Waals surface area contributed by atoms with Gasteiger partial charge in [-0.2, -0.15) is 0 Å². The predicted molar refractivity (Wildman–Crippen MR) is 148 cm³/mol. The smallest absolute Gasteiger partial charge is 0.211 e. The molecule has 0 aliphatic carbocycles. The first-order valence-corrected chi connectivity index (χ1v) is 15.4. The minimum absolute atomic E-state index is 0.0366. The van der Waals surface area contributed by atoms with Crippen LogP contribution in [0.4, 0.5) is 10.2 Å². The maximum Gasteiger partial charge on any atom is 0.211 e. The van der Waals surface area contributed by atoms with Gasteiger partial charge in [-0.3, -0.25) is 9.80 Å². The fraction of sp³-hybridized carbons (Fsp3) is 0.577. The van der Waals surface area contributed by atoms with Crippen LogP contribution in [0.25, 0.3) is 0 Å². The lowest BCUT2D eigenvalue weighted by molar-refractivity contribution is 0.0607. The van der Waals surface area contributed by atoms with Gasteiger partial charge in [0.25, 0.3) is 0 Å². The third kappa shape index (κ3) is 7.34. The fourth-order valence-corrected chi connectivity index (χ4v) is 6.36. The number of anilines is 1. The topological polar surface area (TPSA) is 68.8 Å². The summed E-state index contributed by atoms with van der Waals surface area (Å²) in [7, 11) is -3.27. The summed E-state index contributed by atoms with van der Waals surface area (Å²) in [6.45, 7) is 9.12. The van der Waals surface area contributed by atoms with Crippen molar-refractivity contribution in [2.45, 2.75) is 58.3 Å². The van der Waals surface area contributed by atoms with Crippen LogP contribution in [0.2, 0.25) is 10.0 Å². The molecule has 2 fully saturated rings. The van der Waals surface area contributed by atoms with Crippen LogP contribution >= 0.6 is 23.2 Å². The molecule has 0 radical (unpaired) electrons. The zero-order valence-electron chi connectivity index (χ0n) is 21.5. The first-order chi connectivity index (χ1) is 17.7. The number of hydrogen-bond donors (Lipinski definition) is 1. The Labute approximate surface area is 230 Å². The molecule has 1 atom stereocenters. The molecule has 7 nitrogen and oxygen atoms in total. The number of nitrogens with one attached hydrogen (secondary N) is 1. The lowest BCUT2D eigenvalue weighted by Crippen LogP contribution is -2.58. The molecule has 2 saturated heterocycles. The number of likely N-dealkylation sites (tertiary alicyclic amines) is 1. The molecule has 3 heterocycles. The molecule has 204 valence electrons. The molecule has 2 aliphatic heterocycles. The number of aromatic nitrogens is 1. The van der Waals surface area contributed by atoms with Crippen molar-refractivity contribution in [2.75, 3.05) is 43.4 Å². The Morgan fingerprint density at radius 3 is 2.51 bits per heavy atom. The number of hydrogen-bond acceptors (Lipinski definition) is 6. The Kier molecular flexibility index (Phi) is 9.69. The molecular formula is C26H36Cl2FN5O2S. The van der Waals surface area contributed by atoms with Crippen molar-refractivity contribution in [3.8, 4) is 0 Å². The predicted octanol–water partition coefficient (Wildman–Crippen LogP) is 4.53. The second-order valence-electron chi connectivity index (χ2n) is 9.86. The summed E-state index contributed by atoms with van der Waals surface area (Å²) < 4.78 is 40.2. The minimum Gasteiger partial charge on any atom is -0.353 e. The second kappa shape index (κ2) is 12.6. The third-order valence-corrected chi connectivity index (χ3v) is 9.35. The van der Waals surface area contributed by atoms with E-state index in [-0.39, 0.29) is 18.1 Å². The largest absolute Gasteiger partial charge is 0.353 e. The van der Waals surface area contributed by atoms with Crippen molar-refractivity contribution < 1.29 is 12.8 Å². The van der Waals surface area contributed by atoms with E-state index in [1.54, 1.807) is 31.3 Å². The van der Waals surface area contributed by atoms with Crippen LogP contribution < -0.4 is 9.62 Å². The maximum atomic E-state index is 14.2. The van der Waals surface area contributed by atoms with Gasteiger partial charge in [-0.1, -0.05) is 36.2 Å². The molecule has 1 N–H and O–H groups in total. The summed E-state index contributed by atoms with van der Waals surface area (Å²) in [6.07, 6.45) is 4.85. The average molecular weight is 573 g/mol. The van der Waals surface area contributed by atoms with Gasteiger partial charge in [-0.05, 0) is 63.0 Å². The first kappa shape index (κ1) is 28.5. The number of sulfonamides is 1. The van der Waals surface area contributed by atoms with E-state index in [0.717, 1.165) is 63.4 Å². The van der Waals surface area contributed by atoms with Crippen LogP contribution in [-0.4, -0.2) is 73.8 Å². The molecule has 1 aromatic carbocycles. The SMILES string of the molecule is CC[C@H]1CN(c2ncc(CNS(=O)(=O)CC)cc2Cl)CCN1C1CCN(Cc2ccc(Cl)cc2F)CC1. The van der Waals surface area contributed by atoms with Gasteiger partial charge in [0, 0.05) is 61.6 Å². The summed E-state index contributed by atoms with van der Waals surface area (Å²) >= 11 is 12.5. The molecule has 0 amide bonds. The van der Waals surface area contributed by atoms with Crippen LogP contribution in [0.15, 0.2) is 30.5 Å².